The molecule has 0 aliphatic carbocycles. The number of carbonyl (C=O) groups is 1. The van der Waals surface area contributed by atoms with Gasteiger partial charge in [-0.2, -0.15) is 0 Å². The van der Waals surface area contributed by atoms with Crippen LogP contribution in [0.5, 0.6) is 17.2 Å². The Kier molecular flexibility index (Phi) is 7.31. The SMILES string of the molecule is COc1cc(C(=O)OCc2ccc(OC3OC(CO)C(O)C(O)C3O)cc2)ccc1O. The second-order valence-electron chi connectivity index (χ2n) is 6.92. The van der Waals surface area contributed by atoms with Gasteiger partial charge in [-0.15, -0.1) is 0 Å². The molecule has 1 fully saturated rings. The molecule has 5 N–H and O–H groups in total. The molecule has 1 saturated heterocycles. The molecule has 1 aliphatic heterocycles. The zero-order valence-electron chi connectivity index (χ0n) is 16.6. The van der Waals surface area contributed by atoms with Crippen LogP contribution in [0.3, 0.4) is 0 Å². The Balaban J connectivity index is 1.57. The van der Waals surface area contributed by atoms with E-state index in [0.717, 1.165) is 0 Å². The van der Waals surface area contributed by atoms with Crippen molar-refractivity contribution in [2.75, 3.05) is 13.7 Å². The van der Waals surface area contributed by atoms with E-state index >= 15 is 0 Å². The molecular formula is C21H24O10. The van der Waals surface area contributed by atoms with Gasteiger partial charge in [-0.05, 0) is 35.9 Å². The van der Waals surface area contributed by atoms with Crippen molar-refractivity contribution in [2.24, 2.45) is 0 Å². The number of phenolic OH excluding ortho intramolecular Hbond substituents is 1. The number of benzene rings is 2. The summed E-state index contributed by atoms with van der Waals surface area (Å²) in [7, 11) is 1.37. The molecule has 10 heteroatoms. The summed E-state index contributed by atoms with van der Waals surface area (Å²) in [5.41, 5.74) is 0.873. The van der Waals surface area contributed by atoms with Gasteiger partial charge < -0.3 is 44.5 Å². The van der Waals surface area contributed by atoms with Crippen molar-refractivity contribution in [1.82, 2.24) is 0 Å². The number of methoxy groups -OCH3 is 1. The fourth-order valence-corrected chi connectivity index (χ4v) is 3.00. The minimum Gasteiger partial charge on any atom is -0.504 e. The van der Waals surface area contributed by atoms with Crippen molar-refractivity contribution in [3.05, 3.63) is 53.6 Å². The van der Waals surface area contributed by atoms with Crippen LogP contribution in [-0.4, -0.2) is 75.9 Å². The van der Waals surface area contributed by atoms with E-state index in [1.165, 1.54) is 25.3 Å². The Labute approximate surface area is 177 Å². The van der Waals surface area contributed by atoms with Crippen molar-refractivity contribution in [3.8, 4) is 17.2 Å². The number of phenols is 1. The fraction of sp³-hybridized carbons (Fsp3) is 0.381. The van der Waals surface area contributed by atoms with E-state index in [1.807, 2.05) is 0 Å². The zero-order chi connectivity index (χ0) is 22.5. The van der Waals surface area contributed by atoms with Crippen LogP contribution < -0.4 is 9.47 Å². The van der Waals surface area contributed by atoms with E-state index in [2.05, 4.69) is 0 Å². The van der Waals surface area contributed by atoms with Crippen LogP contribution in [0.2, 0.25) is 0 Å². The molecule has 0 radical (unpaired) electrons. The second kappa shape index (κ2) is 9.94. The fourth-order valence-electron chi connectivity index (χ4n) is 3.00. The number of aliphatic hydroxyl groups is 4. The highest BCUT2D eigenvalue weighted by atomic mass is 16.7. The summed E-state index contributed by atoms with van der Waals surface area (Å²) in [4.78, 5) is 12.2. The number of esters is 1. The summed E-state index contributed by atoms with van der Waals surface area (Å²) in [6, 6.07) is 10.5. The third-order valence-corrected chi connectivity index (χ3v) is 4.81. The van der Waals surface area contributed by atoms with Crippen LogP contribution in [0.15, 0.2) is 42.5 Å². The Bertz CT molecular complexity index is 882. The molecule has 3 rings (SSSR count). The van der Waals surface area contributed by atoms with Gasteiger partial charge in [-0.1, -0.05) is 12.1 Å². The molecule has 5 unspecified atom stereocenters. The molecule has 0 bridgehead atoms. The quantitative estimate of drug-likeness (QED) is 0.373. The lowest BCUT2D eigenvalue weighted by Gasteiger charge is -2.39. The number of aromatic hydroxyl groups is 1. The van der Waals surface area contributed by atoms with Gasteiger partial charge >= 0.3 is 5.97 Å². The zero-order valence-corrected chi connectivity index (χ0v) is 16.6. The van der Waals surface area contributed by atoms with E-state index < -0.39 is 43.3 Å². The van der Waals surface area contributed by atoms with Crippen LogP contribution in [0.4, 0.5) is 0 Å². The Hall–Kier alpha value is -2.89. The summed E-state index contributed by atoms with van der Waals surface area (Å²) >= 11 is 0. The monoisotopic (exact) mass is 436 g/mol. The van der Waals surface area contributed by atoms with Gasteiger partial charge in [0.15, 0.2) is 11.5 Å². The molecule has 31 heavy (non-hydrogen) atoms. The van der Waals surface area contributed by atoms with Gasteiger partial charge in [0, 0.05) is 0 Å². The molecule has 5 atom stereocenters. The van der Waals surface area contributed by atoms with Gasteiger partial charge in [0.1, 0.15) is 36.8 Å². The van der Waals surface area contributed by atoms with Gasteiger partial charge in [-0.3, -0.25) is 0 Å². The highest BCUT2D eigenvalue weighted by Crippen LogP contribution is 2.27. The average molecular weight is 436 g/mol. The van der Waals surface area contributed by atoms with Gasteiger partial charge in [0.05, 0.1) is 19.3 Å². The lowest BCUT2D eigenvalue weighted by atomic mass is 9.99. The molecule has 0 saturated carbocycles. The minimum absolute atomic E-state index is 0.0254. The Morgan fingerprint density at radius 1 is 1.03 bits per heavy atom. The first kappa shape index (κ1) is 22.8. The molecule has 1 heterocycles. The first-order chi connectivity index (χ1) is 14.8. The highest BCUT2D eigenvalue weighted by molar-refractivity contribution is 5.90. The minimum atomic E-state index is -1.53. The molecule has 2 aromatic rings. The summed E-state index contributed by atoms with van der Waals surface area (Å²) in [6.07, 6.45) is -6.87. The second-order valence-corrected chi connectivity index (χ2v) is 6.92. The van der Waals surface area contributed by atoms with Gasteiger partial charge in [-0.25, -0.2) is 4.79 Å². The molecule has 10 nitrogen and oxygen atoms in total. The lowest BCUT2D eigenvalue weighted by molar-refractivity contribution is -0.277. The van der Waals surface area contributed by atoms with Crippen molar-refractivity contribution in [1.29, 1.82) is 0 Å². The van der Waals surface area contributed by atoms with Crippen LogP contribution in [-0.2, 0) is 16.1 Å². The molecule has 2 aromatic carbocycles. The van der Waals surface area contributed by atoms with E-state index in [9.17, 15) is 30.3 Å². The molecular weight excluding hydrogens is 412 g/mol. The van der Waals surface area contributed by atoms with Gasteiger partial charge in [0.25, 0.3) is 0 Å². The van der Waals surface area contributed by atoms with Crippen molar-refractivity contribution in [3.63, 3.8) is 0 Å². The molecule has 0 spiro atoms. The first-order valence-electron chi connectivity index (χ1n) is 9.44. The smallest absolute Gasteiger partial charge is 0.338 e. The Morgan fingerprint density at radius 2 is 1.74 bits per heavy atom. The number of hydrogen-bond donors (Lipinski definition) is 5. The van der Waals surface area contributed by atoms with E-state index in [4.69, 9.17) is 18.9 Å². The van der Waals surface area contributed by atoms with Gasteiger partial charge in [0.2, 0.25) is 6.29 Å². The average Bonchev–Trinajstić information content (AvgIpc) is 2.79. The largest absolute Gasteiger partial charge is 0.504 e. The molecule has 0 aromatic heterocycles. The number of aliphatic hydroxyl groups excluding tert-OH is 4. The van der Waals surface area contributed by atoms with Crippen molar-refractivity contribution < 1.29 is 49.3 Å². The van der Waals surface area contributed by atoms with Crippen LogP contribution in [0.25, 0.3) is 0 Å². The van der Waals surface area contributed by atoms with E-state index in [-0.39, 0.29) is 23.7 Å². The van der Waals surface area contributed by atoms with Crippen molar-refractivity contribution >= 4 is 5.97 Å². The maximum Gasteiger partial charge on any atom is 0.338 e. The standard InChI is InChI=1S/C21H24O10/c1-28-15-8-12(4-7-14(15)23)20(27)29-10-11-2-5-13(6-3-11)30-21-19(26)18(25)17(24)16(9-22)31-21/h2-8,16-19,21-26H,9-10H2,1H3. The highest BCUT2D eigenvalue weighted by Gasteiger charge is 2.44. The van der Waals surface area contributed by atoms with Crippen molar-refractivity contribution in [2.45, 2.75) is 37.3 Å². The predicted molar refractivity (Wildman–Crippen MR) is 105 cm³/mol. The lowest BCUT2D eigenvalue weighted by Crippen LogP contribution is -2.60. The van der Waals surface area contributed by atoms with Crippen LogP contribution in [0.1, 0.15) is 15.9 Å². The maximum atomic E-state index is 12.2. The Morgan fingerprint density at radius 3 is 2.39 bits per heavy atom. The predicted octanol–water partition coefficient (Wildman–Crippen LogP) is -0.0635. The summed E-state index contributed by atoms with van der Waals surface area (Å²) in [5.74, 6) is -0.235. The van der Waals surface area contributed by atoms with E-state index in [0.29, 0.717) is 11.3 Å². The number of hydrogen-bond acceptors (Lipinski definition) is 10. The topological polar surface area (TPSA) is 155 Å². The summed E-state index contributed by atoms with van der Waals surface area (Å²) in [5, 5.41) is 48.4. The third kappa shape index (κ3) is 5.24. The number of rotatable bonds is 7. The number of carbonyl (C=O) groups excluding carboxylic acids is 1. The van der Waals surface area contributed by atoms with Crippen LogP contribution in [0, 0.1) is 0 Å². The van der Waals surface area contributed by atoms with E-state index in [1.54, 1.807) is 24.3 Å². The normalized spacial score (nSPS) is 25.6. The molecule has 1 aliphatic rings. The molecule has 0 amide bonds. The number of ether oxygens (including phenoxy) is 4. The summed E-state index contributed by atoms with van der Waals surface area (Å²) in [6.45, 7) is -0.579. The maximum absolute atomic E-state index is 12.2. The summed E-state index contributed by atoms with van der Waals surface area (Å²) < 4.78 is 21.0. The third-order valence-electron chi connectivity index (χ3n) is 4.81. The first-order valence-corrected chi connectivity index (χ1v) is 9.44. The molecule has 168 valence electrons. The van der Waals surface area contributed by atoms with Crippen LogP contribution >= 0.6 is 0 Å².